The monoisotopic (exact) mass is 656 g/mol. The molecule has 1 unspecified atom stereocenters. The van der Waals surface area contributed by atoms with E-state index < -0.39 is 18.6 Å². The van der Waals surface area contributed by atoms with Crippen LogP contribution >= 0.6 is 11.8 Å². The van der Waals surface area contributed by atoms with Crippen LogP contribution < -0.4 is 19.7 Å². The minimum absolute atomic E-state index is 0.222. The normalized spacial score (nSPS) is 15.2. The van der Waals surface area contributed by atoms with Crippen LogP contribution in [0.25, 0.3) is 17.1 Å². The summed E-state index contributed by atoms with van der Waals surface area (Å²) in [6.07, 6.45) is -3.91. The van der Waals surface area contributed by atoms with E-state index in [1.54, 1.807) is 31.4 Å². The zero-order valence-electron chi connectivity index (χ0n) is 25.3. The van der Waals surface area contributed by atoms with Gasteiger partial charge in [0, 0.05) is 23.5 Å². The maximum atomic E-state index is 15.1. The Labute approximate surface area is 267 Å². The molecule has 1 saturated heterocycles. The molecule has 0 aliphatic carbocycles. The smallest absolute Gasteiger partial charge is 0.497 e. The van der Waals surface area contributed by atoms with Crippen molar-refractivity contribution in [2.75, 3.05) is 30.9 Å². The lowest BCUT2D eigenvalue weighted by molar-refractivity contribution is -0.274. The molecule has 242 valence electrons. The van der Waals surface area contributed by atoms with Gasteiger partial charge < -0.3 is 19.7 Å². The van der Waals surface area contributed by atoms with E-state index in [0.29, 0.717) is 34.4 Å². The predicted molar refractivity (Wildman–Crippen MR) is 170 cm³/mol. The first-order chi connectivity index (χ1) is 22.0. The Hall–Kier alpha value is -4.59. The third-order valence-electron chi connectivity index (χ3n) is 7.12. The number of thioether (sulfide) groups is 1. The van der Waals surface area contributed by atoms with Crippen molar-refractivity contribution in [3.8, 4) is 28.6 Å². The number of amidine groups is 1. The molecule has 1 N–H and O–H groups in total. The largest absolute Gasteiger partial charge is 0.573 e. The Balaban J connectivity index is 1.20. The van der Waals surface area contributed by atoms with Crippen LogP contribution in [0.4, 0.5) is 28.0 Å². The highest BCUT2D eigenvalue weighted by atomic mass is 32.2. The number of aliphatic imine (C=N–C) groups is 1. The van der Waals surface area contributed by atoms with E-state index in [1.807, 2.05) is 23.1 Å². The van der Waals surface area contributed by atoms with Gasteiger partial charge in [0.15, 0.2) is 11.0 Å². The number of aromatic nitrogens is 3. The Bertz CT molecular complexity index is 1680. The van der Waals surface area contributed by atoms with Gasteiger partial charge in [-0.15, -0.1) is 18.3 Å². The second-order valence-electron chi connectivity index (χ2n) is 10.7. The third-order valence-corrected chi connectivity index (χ3v) is 8.19. The third kappa shape index (κ3) is 8.16. The summed E-state index contributed by atoms with van der Waals surface area (Å²) in [7, 11) is 1.63. The fourth-order valence-corrected chi connectivity index (χ4v) is 5.78. The van der Waals surface area contributed by atoms with Crippen molar-refractivity contribution in [3.05, 3.63) is 84.2 Å². The van der Waals surface area contributed by atoms with Gasteiger partial charge in [0.05, 0.1) is 19.3 Å². The molecule has 2 heterocycles. The summed E-state index contributed by atoms with van der Waals surface area (Å²) in [6.45, 7) is 4.64. The number of ether oxygens (including phenoxy) is 2. The van der Waals surface area contributed by atoms with Crippen LogP contribution in [0.3, 0.4) is 0 Å². The van der Waals surface area contributed by atoms with Crippen molar-refractivity contribution in [3.63, 3.8) is 0 Å². The zero-order chi connectivity index (χ0) is 32.8. The van der Waals surface area contributed by atoms with E-state index in [0.717, 1.165) is 29.2 Å². The molecule has 1 aliphatic heterocycles. The van der Waals surface area contributed by atoms with Crippen molar-refractivity contribution in [1.82, 2.24) is 20.1 Å². The number of carbonyl (C=O) groups excluding carboxylic acids is 1. The number of hydrogen-bond acceptors (Lipinski definition) is 6. The predicted octanol–water partition coefficient (Wildman–Crippen LogP) is 7.68. The molecule has 1 aliphatic rings. The van der Waals surface area contributed by atoms with Gasteiger partial charge in [0.1, 0.15) is 24.0 Å². The number of nitrogens with one attached hydrogen (secondary N) is 1. The second-order valence-corrected chi connectivity index (χ2v) is 11.7. The summed E-state index contributed by atoms with van der Waals surface area (Å²) in [4.78, 5) is 23.3. The number of hydrogen-bond donors (Lipinski definition) is 1. The van der Waals surface area contributed by atoms with E-state index >= 15 is 4.39 Å². The molecule has 0 bridgehead atoms. The summed E-state index contributed by atoms with van der Waals surface area (Å²) in [5.41, 5.74) is 3.48. The van der Waals surface area contributed by atoms with Crippen LogP contribution in [-0.4, -0.2) is 58.3 Å². The van der Waals surface area contributed by atoms with Gasteiger partial charge in [-0.25, -0.2) is 18.9 Å². The topological polar surface area (TPSA) is 93.9 Å². The summed E-state index contributed by atoms with van der Waals surface area (Å²) in [6, 6.07) is 16.9. The molecule has 0 saturated carbocycles. The highest BCUT2D eigenvalue weighted by molar-refractivity contribution is 8.14. The molecule has 0 spiro atoms. The van der Waals surface area contributed by atoms with Crippen LogP contribution in [0, 0.1) is 0 Å². The van der Waals surface area contributed by atoms with Crippen molar-refractivity contribution < 1.29 is 31.8 Å². The number of halogens is 4. The number of urea groups is 1. The van der Waals surface area contributed by atoms with E-state index in [-0.39, 0.29) is 18.2 Å². The van der Waals surface area contributed by atoms with E-state index in [9.17, 15) is 18.0 Å². The number of nitrogens with zero attached hydrogens (tertiary/aromatic N) is 5. The number of alkyl halides is 4. The quantitative estimate of drug-likeness (QED) is 0.185. The second kappa shape index (κ2) is 14.2. The molecule has 4 aromatic rings. The lowest BCUT2D eigenvalue weighted by Crippen LogP contribution is -2.36. The van der Waals surface area contributed by atoms with Crippen LogP contribution in [0.5, 0.6) is 11.5 Å². The van der Waals surface area contributed by atoms with Crippen LogP contribution in [-0.2, 0) is 0 Å². The summed E-state index contributed by atoms with van der Waals surface area (Å²) < 4.78 is 63.0. The molecule has 1 atom stereocenters. The lowest BCUT2D eigenvalue weighted by atomic mass is 10.00. The molecular weight excluding hydrogens is 624 g/mol. The fourth-order valence-electron chi connectivity index (χ4n) is 4.83. The molecular formula is C32H32F4N6O3S. The van der Waals surface area contributed by atoms with Gasteiger partial charge in [0.2, 0.25) is 0 Å². The SMILES string of the molecule is COc1ccc(N2CCCS/C2=N\C(=O)NCC(F)c2ccc(-c3ncn(-c4ccc(OC(F)(F)F)cc4)n3)cc2)c(C(C)C)c1. The first-order valence-corrected chi connectivity index (χ1v) is 15.5. The first kappa shape index (κ1) is 32.8. The minimum atomic E-state index is -4.78. The van der Waals surface area contributed by atoms with E-state index in [1.165, 1.54) is 47.0 Å². The number of benzene rings is 3. The van der Waals surface area contributed by atoms with Gasteiger partial charge in [-0.2, -0.15) is 4.99 Å². The maximum absolute atomic E-state index is 15.1. The number of methoxy groups -OCH3 is 1. The van der Waals surface area contributed by atoms with Crippen molar-refractivity contribution >= 4 is 28.6 Å². The molecule has 9 nitrogen and oxygen atoms in total. The molecule has 46 heavy (non-hydrogen) atoms. The van der Waals surface area contributed by atoms with Crippen LogP contribution in [0.1, 0.15) is 43.5 Å². The average Bonchev–Trinajstić information content (AvgIpc) is 3.54. The Morgan fingerprint density at radius 3 is 2.46 bits per heavy atom. The Kier molecular flexibility index (Phi) is 10.1. The van der Waals surface area contributed by atoms with Gasteiger partial charge in [-0.1, -0.05) is 49.9 Å². The average molecular weight is 657 g/mol. The minimum Gasteiger partial charge on any atom is -0.497 e. The highest BCUT2D eigenvalue weighted by Gasteiger charge is 2.31. The highest BCUT2D eigenvalue weighted by Crippen LogP contribution is 2.35. The van der Waals surface area contributed by atoms with Gasteiger partial charge in [-0.05, 0) is 65.9 Å². The Morgan fingerprint density at radius 1 is 1.07 bits per heavy atom. The molecule has 2 amide bonds. The van der Waals surface area contributed by atoms with Gasteiger partial charge >= 0.3 is 12.4 Å². The standard InChI is InChI=1S/C32H32F4N6O3S/c1-20(2)26-17-25(44-3)13-14-28(26)41-15-4-16-46-31(41)39-30(43)37-18-27(33)21-5-7-22(8-6-21)29-38-19-42(40-29)23-9-11-24(12-10-23)45-32(34,35)36/h5-14,17,19-20,27H,4,15-16,18H2,1-3H3,(H,37,43)/b39-31-. The summed E-state index contributed by atoms with van der Waals surface area (Å²) in [5, 5.41) is 7.50. The first-order valence-electron chi connectivity index (χ1n) is 14.5. The molecule has 5 rings (SSSR count). The van der Waals surface area contributed by atoms with Gasteiger partial charge in [0.25, 0.3) is 0 Å². The number of anilines is 1. The molecule has 1 aromatic heterocycles. The van der Waals surface area contributed by atoms with Crippen molar-refractivity contribution in [2.24, 2.45) is 4.99 Å². The molecule has 3 aromatic carbocycles. The number of rotatable bonds is 9. The summed E-state index contributed by atoms with van der Waals surface area (Å²) >= 11 is 1.49. The maximum Gasteiger partial charge on any atom is 0.573 e. The fraction of sp³-hybridized carbons (Fsp3) is 0.312. The lowest BCUT2D eigenvalue weighted by Gasteiger charge is -2.32. The zero-order valence-corrected chi connectivity index (χ0v) is 26.1. The molecule has 1 fully saturated rings. The van der Waals surface area contributed by atoms with E-state index in [4.69, 9.17) is 4.74 Å². The molecule has 0 radical (unpaired) electrons. The molecule has 14 heteroatoms. The van der Waals surface area contributed by atoms with Crippen LogP contribution in [0.15, 0.2) is 78.0 Å². The van der Waals surface area contributed by atoms with E-state index in [2.05, 4.69) is 39.0 Å². The number of amides is 2. The Morgan fingerprint density at radius 2 is 1.78 bits per heavy atom. The van der Waals surface area contributed by atoms with Crippen molar-refractivity contribution in [2.45, 2.75) is 38.7 Å². The van der Waals surface area contributed by atoms with Gasteiger partial charge in [-0.3, -0.25) is 0 Å². The van der Waals surface area contributed by atoms with Crippen LogP contribution in [0.2, 0.25) is 0 Å². The van der Waals surface area contributed by atoms with Crippen molar-refractivity contribution in [1.29, 1.82) is 0 Å². The number of carbonyl (C=O) groups is 1. The summed E-state index contributed by atoms with van der Waals surface area (Å²) in [5.74, 6) is 1.80.